The molecular weight excluding hydrogens is 374 g/mol. The van der Waals surface area contributed by atoms with Gasteiger partial charge >= 0.3 is 0 Å². The van der Waals surface area contributed by atoms with Crippen LogP contribution in [0.4, 0.5) is 0 Å². The number of nitrogens with zero attached hydrogens (tertiary/aromatic N) is 1. The summed E-state index contributed by atoms with van der Waals surface area (Å²) in [7, 11) is 0. The maximum absolute atomic E-state index is 8.93. The zero-order valence-electron chi connectivity index (χ0n) is 12.1. The van der Waals surface area contributed by atoms with Gasteiger partial charge in [-0.2, -0.15) is 5.26 Å². The molecule has 6 heteroatoms. The van der Waals surface area contributed by atoms with E-state index in [1.165, 1.54) is 6.92 Å². The first kappa shape index (κ1) is 22.4. The normalized spacial score (nSPS) is 32.2. The number of aliphatic hydroxyl groups excluding tert-OH is 4. The van der Waals surface area contributed by atoms with Gasteiger partial charge in [-0.3, -0.25) is 0 Å². The zero-order chi connectivity index (χ0) is 14.7. The van der Waals surface area contributed by atoms with Gasteiger partial charge in [0, 0.05) is 30.6 Å². The van der Waals surface area contributed by atoms with Crippen molar-refractivity contribution in [2.24, 2.45) is 0 Å². The standard InChI is InChI=1S/2C6H12O2.C2H3N.Te/c2*7-5-3-1-2-4-6(5)8;1-2-3;/h2*5-8H,1-4H2;1H3;/t2*5-,6+;;. The van der Waals surface area contributed by atoms with Crippen LogP contribution in [-0.4, -0.2) is 68.5 Å². The molecule has 5 nitrogen and oxygen atoms in total. The fourth-order valence-corrected chi connectivity index (χ4v) is 2.18. The van der Waals surface area contributed by atoms with E-state index >= 15 is 0 Å². The molecule has 20 heavy (non-hydrogen) atoms. The molecule has 2 saturated carbocycles. The Balaban J connectivity index is 0. The molecule has 2 aliphatic carbocycles. The predicted octanol–water partition coefficient (Wildman–Crippen LogP) is 0.713. The average molecular weight is 401 g/mol. The maximum atomic E-state index is 8.93. The summed E-state index contributed by atoms with van der Waals surface area (Å²) in [5, 5.41) is 43.0. The molecule has 4 atom stereocenters. The number of nitriles is 1. The molecule has 2 fully saturated rings. The van der Waals surface area contributed by atoms with E-state index in [1.54, 1.807) is 6.07 Å². The van der Waals surface area contributed by atoms with Crippen LogP contribution in [0, 0.1) is 11.3 Å². The van der Waals surface area contributed by atoms with E-state index in [0.29, 0.717) is 0 Å². The minimum atomic E-state index is -0.441. The minimum absolute atomic E-state index is 0. The Bertz CT molecular complexity index is 220. The molecule has 0 aromatic rings. The first-order valence-corrected chi connectivity index (χ1v) is 7.06. The summed E-state index contributed by atoms with van der Waals surface area (Å²) >= 11 is 0. The molecule has 2 aliphatic rings. The summed E-state index contributed by atoms with van der Waals surface area (Å²) in [6, 6.07) is 1.75. The van der Waals surface area contributed by atoms with Gasteiger partial charge in [0.2, 0.25) is 0 Å². The third-order valence-corrected chi connectivity index (χ3v) is 3.39. The van der Waals surface area contributed by atoms with E-state index in [0.717, 1.165) is 51.4 Å². The summed E-state index contributed by atoms with van der Waals surface area (Å²) in [5.41, 5.74) is 0. The van der Waals surface area contributed by atoms with E-state index in [1.807, 2.05) is 0 Å². The SMILES string of the molecule is CC#N.O[C@@H]1CCCC[C@@H]1O.O[C@@H]1CCCC[C@@H]1O.[Te]. The van der Waals surface area contributed by atoms with E-state index < -0.39 is 24.4 Å². The van der Waals surface area contributed by atoms with Crippen molar-refractivity contribution in [1.82, 2.24) is 0 Å². The van der Waals surface area contributed by atoms with Crippen molar-refractivity contribution in [2.75, 3.05) is 0 Å². The average Bonchev–Trinajstić information content (AvgIpc) is 2.38. The van der Waals surface area contributed by atoms with Crippen LogP contribution in [-0.2, 0) is 0 Å². The third-order valence-electron chi connectivity index (χ3n) is 3.39. The van der Waals surface area contributed by atoms with Gasteiger partial charge in [0.15, 0.2) is 0 Å². The van der Waals surface area contributed by atoms with Gasteiger partial charge in [-0.15, -0.1) is 0 Å². The molecule has 0 aromatic carbocycles. The summed E-state index contributed by atoms with van der Waals surface area (Å²) in [6.07, 6.45) is 5.62. The van der Waals surface area contributed by atoms with Crippen LogP contribution in [0.25, 0.3) is 0 Å². The van der Waals surface area contributed by atoms with Crippen molar-refractivity contribution in [3.63, 3.8) is 0 Å². The van der Waals surface area contributed by atoms with Crippen LogP contribution in [0.1, 0.15) is 58.3 Å². The second kappa shape index (κ2) is 14.1. The predicted molar refractivity (Wildman–Crippen MR) is 78.0 cm³/mol. The van der Waals surface area contributed by atoms with Gasteiger partial charge in [0.25, 0.3) is 0 Å². The first-order valence-electron chi connectivity index (χ1n) is 7.06. The molecule has 0 spiro atoms. The molecule has 0 amide bonds. The Hall–Kier alpha value is 0.120. The molecule has 4 N–H and O–H groups in total. The van der Waals surface area contributed by atoms with Crippen LogP contribution in [0.3, 0.4) is 0 Å². The summed E-state index contributed by atoms with van der Waals surface area (Å²) in [4.78, 5) is 0. The van der Waals surface area contributed by atoms with E-state index in [2.05, 4.69) is 0 Å². The van der Waals surface area contributed by atoms with Crippen LogP contribution in [0.5, 0.6) is 0 Å². The Morgan fingerprint density at radius 3 is 0.950 bits per heavy atom. The molecular formula is C14H27NO4Te. The van der Waals surface area contributed by atoms with Crippen LogP contribution < -0.4 is 0 Å². The van der Waals surface area contributed by atoms with Gasteiger partial charge < -0.3 is 20.4 Å². The number of aliphatic hydroxyl groups is 4. The topological polar surface area (TPSA) is 105 Å². The zero-order valence-corrected chi connectivity index (χ0v) is 14.4. The van der Waals surface area contributed by atoms with E-state index in [-0.39, 0.29) is 23.7 Å². The van der Waals surface area contributed by atoms with Crippen molar-refractivity contribution in [3.05, 3.63) is 0 Å². The fourth-order valence-electron chi connectivity index (χ4n) is 2.18. The Labute approximate surface area is 138 Å². The number of hydrogen-bond acceptors (Lipinski definition) is 5. The van der Waals surface area contributed by atoms with Crippen LogP contribution in [0.2, 0.25) is 0 Å². The minimum Gasteiger partial charge on any atom is -0.390 e. The summed E-state index contributed by atoms with van der Waals surface area (Å²) in [5.74, 6) is 0. The van der Waals surface area contributed by atoms with Crippen molar-refractivity contribution >= 4 is 23.7 Å². The summed E-state index contributed by atoms with van der Waals surface area (Å²) in [6.45, 7) is 1.43. The third kappa shape index (κ3) is 10.9. The van der Waals surface area contributed by atoms with Crippen molar-refractivity contribution in [2.45, 2.75) is 82.7 Å². The van der Waals surface area contributed by atoms with Gasteiger partial charge in [-0.05, 0) is 25.7 Å². The van der Waals surface area contributed by atoms with Crippen molar-refractivity contribution in [3.8, 4) is 6.07 Å². The monoisotopic (exact) mass is 403 g/mol. The van der Waals surface area contributed by atoms with Crippen LogP contribution >= 0.6 is 0 Å². The van der Waals surface area contributed by atoms with Crippen molar-refractivity contribution in [1.29, 1.82) is 5.26 Å². The van der Waals surface area contributed by atoms with Gasteiger partial charge in [-0.25, -0.2) is 0 Å². The number of rotatable bonds is 0. The molecule has 2 radical (unpaired) electrons. The first-order chi connectivity index (χ1) is 9.02. The summed E-state index contributed by atoms with van der Waals surface area (Å²) < 4.78 is 0. The fraction of sp³-hybridized carbons (Fsp3) is 0.929. The van der Waals surface area contributed by atoms with Gasteiger partial charge in [-0.1, -0.05) is 25.7 Å². The second-order valence-electron chi connectivity index (χ2n) is 5.06. The van der Waals surface area contributed by atoms with Crippen LogP contribution in [0.15, 0.2) is 0 Å². The molecule has 0 saturated heterocycles. The van der Waals surface area contributed by atoms with Crippen molar-refractivity contribution < 1.29 is 20.4 Å². The Morgan fingerprint density at radius 2 is 0.850 bits per heavy atom. The molecule has 118 valence electrons. The van der Waals surface area contributed by atoms with Gasteiger partial charge in [0.1, 0.15) is 0 Å². The molecule has 0 aromatic heterocycles. The van der Waals surface area contributed by atoms with E-state index in [9.17, 15) is 0 Å². The molecule has 0 heterocycles. The molecule has 0 bridgehead atoms. The largest absolute Gasteiger partial charge is 0.390 e. The Kier molecular flexibility index (Phi) is 15.8. The maximum Gasteiger partial charge on any atom is 0.0799 e. The molecule has 2 rings (SSSR count). The molecule has 0 unspecified atom stereocenters. The number of hydrogen-bond donors (Lipinski definition) is 4. The quantitative estimate of drug-likeness (QED) is 0.448. The van der Waals surface area contributed by atoms with Gasteiger partial charge in [0.05, 0.1) is 30.5 Å². The Morgan fingerprint density at radius 1 is 0.700 bits per heavy atom. The van der Waals surface area contributed by atoms with E-state index in [4.69, 9.17) is 25.7 Å². The molecule has 0 aliphatic heterocycles. The second-order valence-corrected chi connectivity index (χ2v) is 5.06. The smallest absolute Gasteiger partial charge is 0.0799 e.